The molecule has 6 heteroatoms. The van der Waals surface area contributed by atoms with E-state index in [1.165, 1.54) is 0 Å². The minimum atomic E-state index is -0.951. The van der Waals surface area contributed by atoms with Crippen LogP contribution in [0, 0.1) is 0 Å². The van der Waals surface area contributed by atoms with Crippen molar-refractivity contribution in [1.29, 1.82) is 0 Å². The Labute approximate surface area is 131 Å². The number of aliphatic carboxylic acids is 1. The monoisotopic (exact) mass is 313 g/mol. The number of aromatic nitrogens is 2. The van der Waals surface area contributed by atoms with Gasteiger partial charge in [0.2, 0.25) is 0 Å². The average Bonchev–Trinajstić information content (AvgIpc) is 2.53. The van der Waals surface area contributed by atoms with E-state index >= 15 is 0 Å². The number of hydrogen-bond acceptors (Lipinski definition) is 4. The maximum Gasteiger partial charge on any atom is 0.322 e. The van der Waals surface area contributed by atoms with E-state index in [2.05, 4.69) is 15.3 Å². The Kier molecular flexibility index (Phi) is 3.89. The van der Waals surface area contributed by atoms with Gasteiger partial charge in [0.15, 0.2) is 0 Å². The van der Waals surface area contributed by atoms with E-state index in [4.69, 9.17) is 16.7 Å². The summed E-state index contributed by atoms with van der Waals surface area (Å²) in [5.74, 6) is -0.458. The number of anilines is 1. The van der Waals surface area contributed by atoms with Gasteiger partial charge in [0.25, 0.3) is 0 Å². The fourth-order valence-electron chi connectivity index (χ4n) is 2.27. The van der Waals surface area contributed by atoms with Crippen molar-refractivity contribution in [3.05, 3.63) is 53.9 Å². The SMILES string of the molecule is O=C(O)CNc1ncc(-c2cccnc2)c2ccc(Cl)cc12. The van der Waals surface area contributed by atoms with Gasteiger partial charge in [0, 0.05) is 40.1 Å². The molecule has 0 atom stereocenters. The third kappa shape index (κ3) is 2.84. The molecule has 3 rings (SSSR count). The highest BCUT2D eigenvalue weighted by molar-refractivity contribution is 6.31. The van der Waals surface area contributed by atoms with Crippen molar-refractivity contribution in [3.8, 4) is 11.1 Å². The summed E-state index contributed by atoms with van der Waals surface area (Å²) >= 11 is 6.07. The molecule has 0 unspecified atom stereocenters. The second-order valence-corrected chi connectivity index (χ2v) is 5.14. The van der Waals surface area contributed by atoms with Gasteiger partial charge in [-0.25, -0.2) is 4.98 Å². The van der Waals surface area contributed by atoms with Crippen molar-refractivity contribution in [1.82, 2.24) is 9.97 Å². The highest BCUT2D eigenvalue weighted by Crippen LogP contribution is 2.32. The number of pyridine rings is 2. The first-order chi connectivity index (χ1) is 10.6. The highest BCUT2D eigenvalue weighted by atomic mass is 35.5. The Morgan fingerprint density at radius 1 is 1.23 bits per heavy atom. The summed E-state index contributed by atoms with van der Waals surface area (Å²) in [7, 11) is 0. The third-order valence-corrected chi connectivity index (χ3v) is 3.46. The van der Waals surface area contributed by atoms with Crippen LogP contribution in [0.2, 0.25) is 5.02 Å². The van der Waals surface area contributed by atoms with E-state index in [0.717, 1.165) is 21.9 Å². The smallest absolute Gasteiger partial charge is 0.322 e. The van der Waals surface area contributed by atoms with Crippen molar-refractivity contribution in [2.75, 3.05) is 11.9 Å². The molecule has 0 bridgehead atoms. The van der Waals surface area contributed by atoms with Crippen LogP contribution in [0.1, 0.15) is 0 Å². The third-order valence-electron chi connectivity index (χ3n) is 3.23. The number of nitrogens with zero attached hydrogens (tertiary/aromatic N) is 2. The topological polar surface area (TPSA) is 75.1 Å². The molecular formula is C16H12ClN3O2. The first-order valence-corrected chi connectivity index (χ1v) is 6.97. The molecule has 3 aromatic rings. The Morgan fingerprint density at radius 3 is 2.82 bits per heavy atom. The lowest BCUT2D eigenvalue weighted by molar-refractivity contribution is -0.134. The van der Waals surface area contributed by atoms with Gasteiger partial charge in [0.1, 0.15) is 12.4 Å². The Balaban J connectivity index is 2.17. The van der Waals surface area contributed by atoms with E-state index in [1.54, 1.807) is 30.7 Å². The summed E-state index contributed by atoms with van der Waals surface area (Å²) in [4.78, 5) is 19.2. The van der Waals surface area contributed by atoms with E-state index in [0.29, 0.717) is 10.8 Å². The first-order valence-electron chi connectivity index (χ1n) is 6.59. The Hall–Kier alpha value is -2.66. The largest absolute Gasteiger partial charge is 0.480 e. The van der Waals surface area contributed by atoms with Crippen molar-refractivity contribution >= 4 is 34.2 Å². The summed E-state index contributed by atoms with van der Waals surface area (Å²) < 4.78 is 0. The van der Waals surface area contributed by atoms with Crippen LogP contribution in [0.4, 0.5) is 5.82 Å². The molecule has 0 aliphatic heterocycles. The van der Waals surface area contributed by atoms with E-state index in [-0.39, 0.29) is 6.54 Å². The summed E-state index contributed by atoms with van der Waals surface area (Å²) in [5.41, 5.74) is 1.85. The maximum atomic E-state index is 10.7. The van der Waals surface area contributed by atoms with Gasteiger partial charge in [-0.15, -0.1) is 0 Å². The lowest BCUT2D eigenvalue weighted by Crippen LogP contribution is -2.13. The van der Waals surface area contributed by atoms with Crippen LogP contribution in [0.3, 0.4) is 0 Å². The van der Waals surface area contributed by atoms with Crippen LogP contribution < -0.4 is 5.32 Å². The molecule has 0 radical (unpaired) electrons. The molecule has 0 spiro atoms. The van der Waals surface area contributed by atoms with Crippen molar-refractivity contribution < 1.29 is 9.90 Å². The fourth-order valence-corrected chi connectivity index (χ4v) is 2.44. The second-order valence-electron chi connectivity index (χ2n) is 4.70. The van der Waals surface area contributed by atoms with Gasteiger partial charge in [-0.3, -0.25) is 9.78 Å². The molecule has 0 saturated carbocycles. The van der Waals surface area contributed by atoms with Crippen LogP contribution in [-0.4, -0.2) is 27.6 Å². The summed E-state index contributed by atoms with van der Waals surface area (Å²) in [6, 6.07) is 9.27. The average molecular weight is 314 g/mol. The Morgan fingerprint density at radius 2 is 2.09 bits per heavy atom. The minimum Gasteiger partial charge on any atom is -0.480 e. The van der Waals surface area contributed by atoms with Crippen LogP contribution in [0.15, 0.2) is 48.9 Å². The number of rotatable bonds is 4. The van der Waals surface area contributed by atoms with Gasteiger partial charge in [-0.1, -0.05) is 23.7 Å². The zero-order valence-electron chi connectivity index (χ0n) is 11.5. The zero-order chi connectivity index (χ0) is 15.5. The van der Waals surface area contributed by atoms with Crippen molar-refractivity contribution in [2.24, 2.45) is 0 Å². The number of halogens is 1. The highest BCUT2D eigenvalue weighted by Gasteiger charge is 2.10. The van der Waals surface area contributed by atoms with Crippen LogP contribution in [-0.2, 0) is 4.79 Å². The number of carboxylic acid groups (broad SMARTS) is 1. The number of nitrogens with one attached hydrogen (secondary N) is 1. The molecule has 2 aromatic heterocycles. The number of fused-ring (bicyclic) bond motifs is 1. The fraction of sp³-hybridized carbons (Fsp3) is 0.0625. The van der Waals surface area contributed by atoms with Crippen molar-refractivity contribution in [3.63, 3.8) is 0 Å². The molecule has 22 heavy (non-hydrogen) atoms. The molecule has 110 valence electrons. The van der Waals surface area contributed by atoms with Gasteiger partial charge in [-0.2, -0.15) is 0 Å². The normalized spacial score (nSPS) is 10.6. The molecule has 0 aliphatic carbocycles. The Bertz CT molecular complexity index is 837. The molecule has 0 fully saturated rings. The predicted octanol–water partition coefficient (Wildman–Crippen LogP) is 3.45. The first kappa shape index (κ1) is 14.3. The van der Waals surface area contributed by atoms with Crippen LogP contribution in [0.25, 0.3) is 21.9 Å². The van der Waals surface area contributed by atoms with Gasteiger partial charge in [-0.05, 0) is 23.6 Å². The van der Waals surface area contributed by atoms with E-state index in [1.807, 2.05) is 18.2 Å². The molecular weight excluding hydrogens is 302 g/mol. The second kappa shape index (κ2) is 5.99. The lowest BCUT2D eigenvalue weighted by Gasteiger charge is -2.11. The molecule has 2 heterocycles. The summed E-state index contributed by atoms with van der Waals surface area (Å²) in [5, 5.41) is 13.9. The molecule has 0 amide bonds. The van der Waals surface area contributed by atoms with Crippen molar-refractivity contribution in [2.45, 2.75) is 0 Å². The van der Waals surface area contributed by atoms with Crippen LogP contribution >= 0.6 is 11.6 Å². The van der Waals surface area contributed by atoms with Crippen LogP contribution in [0.5, 0.6) is 0 Å². The quantitative estimate of drug-likeness (QED) is 0.771. The number of hydrogen-bond donors (Lipinski definition) is 2. The van der Waals surface area contributed by atoms with Gasteiger partial charge in [0.05, 0.1) is 0 Å². The standard InChI is InChI=1S/C16H12ClN3O2/c17-11-3-4-12-13(6-11)16(20-9-15(21)22)19-8-14(12)10-2-1-5-18-7-10/h1-8H,9H2,(H,19,20)(H,21,22). The lowest BCUT2D eigenvalue weighted by atomic mass is 10.0. The maximum absolute atomic E-state index is 10.7. The summed E-state index contributed by atoms with van der Waals surface area (Å²) in [6.45, 7) is -0.207. The molecule has 1 aromatic carbocycles. The summed E-state index contributed by atoms with van der Waals surface area (Å²) in [6.07, 6.45) is 5.17. The molecule has 5 nitrogen and oxygen atoms in total. The number of benzene rings is 1. The number of carboxylic acids is 1. The van der Waals surface area contributed by atoms with Gasteiger partial charge < -0.3 is 10.4 Å². The minimum absolute atomic E-state index is 0.207. The molecule has 0 aliphatic rings. The predicted molar refractivity (Wildman–Crippen MR) is 86.1 cm³/mol. The van der Waals surface area contributed by atoms with Gasteiger partial charge >= 0.3 is 5.97 Å². The molecule has 0 saturated heterocycles. The number of carbonyl (C=O) groups is 1. The van der Waals surface area contributed by atoms with E-state index in [9.17, 15) is 4.79 Å². The van der Waals surface area contributed by atoms with E-state index < -0.39 is 5.97 Å². The molecule has 2 N–H and O–H groups in total. The zero-order valence-corrected chi connectivity index (χ0v) is 12.2.